The fraction of sp³-hybridized carbons (Fsp3) is 0.111. The lowest BCUT2D eigenvalue weighted by Gasteiger charge is -2.09. The van der Waals surface area contributed by atoms with Gasteiger partial charge in [0.05, 0.1) is 22.3 Å². The van der Waals surface area contributed by atoms with E-state index in [-0.39, 0.29) is 11.3 Å². The number of aromatic carboxylic acids is 1. The lowest BCUT2D eigenvalue weighted by atomic mass is 10.2. The molecule has 4 N–H and O–H groups in total. The molecule has 0 saturated heterocycles. The number of nitrogens with one attached hydrogen (secondary N) is 3. The van der Waals surface area contributed by atoms with Gasteiger partial charge in [-0.3, -0.25) is 9.59 Å². The van der Waals surface area contributed by atoms with Gasteiger partial charge in [0.25, 0.3) is 5.91 Å². The highest BCUT2D eigenvalue weighted by Gasteiger charge is 2.23. The van der Waals surface area contributed by atoms with E-state index >= 15 is 0 Å². The van der Waals surface area contributed by atoms with Gasteiger partial charge in [-0.15, -0.1) is 0 Å². The zero-order valence-corrected chi connectivity index (χ0v) is 14.6. The Bertz CT molecular complexity index is 1140. The van der Waals surface area contributed by atoms with Crippen molar-refractivity contribution in [2.45, 2.75) is 13.0 Å². The normalized spacial score (nSPS) is 12.2. The number of carboxylic acid groups (broad SMARTS) is 1. The number of carbonyl (C=O) groups is 3. The lowest BCUT2D eigenvalue weighted by molar-refractivity contribution is -0.126. The Morgan fingerprint density at radius 2 is 1.71 bits per heavy atom. The van der Waals surface area contributed by atoms with Gasteiger partial charge in [-0.25, -0.2) is 9.59 Å². The van der Waals surface area contributed by atoms with E-state index in [4.69, 9.17) is 5.11 Å². The van der Waals surface area contributed by atoms with Crippen LogP contribution in [0.15, 0.2) is 57.5 Å². The number of Topliss-reactive ketones (excluding diaryl/α,β-unsaturated/α-hetero) is 1. The Balaban J connectivity index is 1.76. The second-order valence-corrected chi connectivity index (χ2v) is 5.91. The number of nitrogens with zero attached hydrogens (tertiary/aromatic N) is 2. The average Bonchev–Trinajstić information content (AvgIpc) is 3.01. The SMILES string of the molecule is CC(=O)C(N=Nc1ccc(C(=O)O)cc1)C(=O)Nc1ccc2[nH]c(=O)[nH]c2c1. The van der Waals surface area contributed by atoms with Gasteiger partial charge < -0.3 is 20.4 Å². The molecule has 0 bridgehead atoms. The van der Waals surface area contributed by atoms with Gasteiger partial charge in [0.15, 0.2) is 5.78 Å². The van der Waals surface area contributed by atoms with Crippen molar-refractivity contribution in [2.24, 2.45) is 10.2 Å². The molecule has 142 valence electrons. The Labute approximate surface area is 157 Å². The van der Waals surface area contributed by atoms with Crippen LogP contribution < -0.4 is 11.0 Å². The minimum absolute atomic E-state index is 0.0815. The summed E-state index contributed by atoms with van der Waals surface area (Å²) in [6.07, 6.45) is 0. The topological polar surface area (TPSA) is 157 Å². The number of ketones is 1. The second kappa shape index (κ2) is 7.66. The van der Waals surface area contributed by atoms with Crippen LogP contribution in [0.25, 0.3) is 11.0 Å². The number of H-pyrrole nitrogens is 2. The van der Waals surface area contributed by atoms with Crippen LogP contribution in [0.5, 0.6) is 0 Å². The van der Waals surface area contributed by atoms with Crippen LogP contribution in [0.4, 0.5) is 11.4 Å². The Kier molecular flexibility index (Phi) is 5.12. The zero-order valence-electron chi connectivity index (χ0n) is 14.6. The lowest BCUT2D eigenvalue weighted by Crippen LogP contribution is -2.31. The van der Waals surface area contributed by atoms with Gasteiger partial charge in [0, 0.05) is 5.69 Å². The molecule has 0 aliphatic rings. The molecule has 0 radical (unpaired) electrons. The highest BCUT2D eigenvalue weighted by atomic mass is 16.4. The summed E-state index contributed by atoms with van der Waals surface area (Å²) in [7, 11) is 0. The van der Waals surface area contributed by atoms with E-state index in [0.29, 0.717) is 22.4 Å². The molecule has 2 aromatic carbocycles. The first-order chi connectivity index (χ1) is 13.3. The van der Waals surface area contributed by atoms with Crippen molar-refractivity contribution >= 4 is 40.1 Å². The summed E-state index contributed by atoms with van der Waals surface area (Å²) in [5.41, 5.74) is 1.47. The van der Waals surface area contributed by atoms with Crippen LogP contribution in [-0.2, 0) is 9.59 Å². The van der Waals surface area contributed by atoms with E-state index in [0.717, 1.165) is 0 Å². The van der Waals surface area contributed by atoms with E-state index in [1.165, 1.54) is 31.2 Å². The van der Waals surface area contributed by atoms with Crippen LogP contribution in [0.1, 0.15) is 17.3 Å². The smallest absolute Gasteiger partial charge is 0.335 e. The molecule has 1 heterocycles. The number of aromatic nitrogens is 2. The molecular formula is C18H15N5O5. The van der Waals surface area contributed by atoms with Crippen molar-refractivity contribution in [1.29, 1.82) is 0 Å². The van der Waals surface area contributed by atoms with Crippen molar-refractivity contribution in [2.75, 3.05) is 5.32 Å². The van der Waals surface area contributed by atoms with Crippen molar-refractivity contribution in [3.05, 3.63) is 58.5 Å². The molecule has 0 saturated carbocycles. The number of carboxylic acids is 1. The number of hydrogen-bond acceptors (Lipinski definition) is 6. The highest BCUT2D eigenvalue weighted by Crippen LogP contribution is 2.17. The van der Waals surface area contributed by atoms with Gasteiger partial charge >= 0.3 is 11.7 Å². The zero-order chi connectivity index (χ0) is 20.3. The fourth-order valence-electron chi connectivity index (χ4n) is 2.43. The molecule has 10 heteroatoms. The number of hydrogen-bond donors (Lipinski definition) is 4. The number of benzene rings is 2. The van der Waals surface area contributed by atoms with Crippen molar-refractivity contribution in [1.82, 2.24) is 9.97 Å². The molecule has 1 unspecified atom stereocenters. The number of imidazole rings is 1. The quantitative estimate of drug-likeness (QED) is 0.380. The molecular weight excluding hydrogens is 366 g/mol. The summed E-state index contributed by atoms with van der Waals surface area (Å²) in [5.74, 6) is -2.28. The number of aromatic amines is 2. The molecule has 0 spiro atoms. The largest absolute Gasteiger partial charge is 0.478 e. The molecule has 3 aromatic rings. The van der Waals surface area contributed by atoms with Gasteiger partial charge in [0.2, 0.25) is 6.04 Å². The summed E-state index contributed by atoms with van der Waals surface area (Å²) in [6.45, 7) is 1.21. The molecule has 0 aliphatic carbocycles. The third-order valence-corrected chi connectivity index (χ3v) is 3.82. The van der Waals surface area contributed by atoms with Crippen LogP contribution in [0, 0.1) is 0 Å². The van der Waals surface area contributed by atoms with Crippen molar-refractivity contribution < 1.29 is 19.5 Å². The number of fused-ring (bicyclic) bond motifs is 1. The van der Waals surface area contributed by atoms with Crippen LogP contribution in [0.3, 0.4) is 0 Å². The summed E-state index contributed by atoms with van der Waals surface area (Å²) >= 11 is 0. The third-order valence-electron chi connectivity index (χ3n) is 3.82. The molecule has 1 amide bonds. The number of carbonyl (C=O) groups excluding carboxylic acids is 2. The Morgan fingerprint density at radius 3 is 2.36 bits per heavy atom. The van der Waals surface area contributed by atoms with Crippen LogP contribution in [-0.4, -0.2) is 38.8 Å². The number of rotatable bonds is 6. The maximum atomic E-state index is 12.4. The number of amides is 1. The summed E-state index contributed by atoms with van der Waals surface area (Å²) in [5, 5.41) is 19.1. The molecule has 0 aliphatic heterocycles. The standard InChI is InChI=1S/C18H15N5O5/c1-9(24)15(23-22-11-4-2-10(3-5-11)17(26)27)16(25)19-12-6-7-13-14(8-12)21-18(28)20-13/h2-8,15H,1H3,(H,19,25)(H,26,27)(H2,20,21,28). The minimum atomic E-state index is -1.37. The van der Waals surface area contributed by atoms with Crippen LogP contribution in [0.2, 0.25) is 0 Å². The molecule has 10 nitrogen and oxygen atoms in total. The van der Waals surface area contributed by atoms with Gasteiger partial charge in [0.1, 0.15) is 0 Å². The first kappa shape index (κ1) is 18.7. The molecule has 3 rings (SSSR count). The van der Waals surface area contributed by atoms with Gasteiger partial charge in [-0.1, -0.05) is 0 Å². The summed E-state index contributed by atoms with van der Waals surface area (Å²) in [6, 6.07) is 8.86. The molecule has 0 fully saturated rings. The first-order valence-electron chi connectivity index (χ1n) is 8.11. The van der Waals surface area contributed by atoms with E-state index < -0.39 is 23.7 Å². The Hall–Kier alpha value is -4.08. The first-order valence-corrected chi connectivity index (χ1v) is 8.11. The maximum absolute atomic E-state index is 12.4. The van der Waals surface area contributed by atoms with Gasteiger partial charge in [-0.2, -0.15) is 10.2 Å². The van der Waals surface area contributed by atoms with E-state index in [2.05, 4.69) is 25.5 Å². The van der Waals surface area contributed by atoms with Crippen molar-refractivity contribution in [3.63, 3.8) is 0 Å². The third kappa shape index (κ3) is 4.18. The van der Waals surface area contributed by atoms with E-state index in [1.807, 2.05) is 0 Å². The maximum Gasteiger partial charge on any atom is 0.335 e. The van der Waals surface area contributed by atoms with Crippen molar-refractivity contribution in [3.8, 4) is 0 Å². The predicted molar refractivity (Wildman–Crippen MR) is 99.9 cm³/mol. The minimum Gasteiger partial charge on any atom is -0.478 e. The average molecular weight is 381 g/mol. The molecule has 1 atom stereocenters. The highest BCUT2D eigenvalue weighted by molar-refractivity contribution is 6.10. The van der Waals surface area contributed by atoms with E-state index in [9.17, 15) is 19.2 Å². The number of anilines is 1. The monoisotopic (exact) mass is 381 g/mol. The second-order valence-electron chi connectivity index (χ2n) is 5.91. The van der Waals surface area contributed by atoms with E-state index in [1.54, 1.807) is 18.2 Å². The molecule has 28 heavy (non-hydrogen) atoms. The summed E-state index contributed by atoms with van der Waals surface area (Å²) in [4.78, 5) is 51.5. The molecule has 1 aromatic heterocycles. The fourth-order valence-corrected chi connectivity index (χ4v) is 2.43. The predicted octanol–water partition coefficient (Wildman–Crippen LogP) is 2.23. The Morgan fingerprint density at radius 1 is 1.04 bits per heavy atom. The number of azo groups is 1. The summed E-state index contributed by atoms with van der Waals surface area (Å²) < 4.78 is 0. The van der Waals surface area contributed by atoms with Crippen LogP contribution >= 0.6 is 0 Å². The van der Waals surface area contributed by atoms with Gasteiger partial charge in [-0.05, 0) is 49.4 Å².